The summed E-state index contributed by atoms with van der Waals surface area (Å²) in [6.45, 7) is 9.66. The van der Waals surface area contributed by atoms with Crippen molar-refractivity contribution in [3.63, 3.8) is 0 Å². The first-order valence-corrected chi connectivity index (χ1v) is 9.43. The van der Waals surface area contributed by atoms with Gasteiger partial charge in [-0.15, -0.1) is 0 Å². The SMILES string of the molecule is Cc1cc(CN(C)C(=O)[C@@H]2[C@@H]3C=C[C@@]4(CN(CC(C)(C)C)C(=O)[C@H]24)O3)on1. The van der Waals surface area contributed by atoms with E-state index < -0.39 is 17.4 Å². The van der Waals surface area contributed by atoms with E-state index in [2.05, 4.69) is 25.9 Å². The van der Waals surface area contributed by atoms with Crippen molar-refractivity contribution in [1.29, 1.82) is 0 Å². The molecule has 4 rings (SSSR count). The molecule has 7 nitrogen and oxygen atoms in total. The molecule has 7 heteroatoms. The number of hydrogen-bond acceptors (Lipinski definition) is 5. The molecule has 3 aliphatic heterocycles. The van der Waals surface area contributed by atoms with Crippen molar-refractivity contribution in [2.45, 2.75) is 45.9 Å². The summed E-state index contributed by atoms with van der Waals surface area (Å²) in [4.78, 5) is 29.8. The Bertz CT molecular complexity index is 808. The largest absolute Gasteiger partial charge is 0.360 e. The van der Waals surface area contributed by atoms with Crippen LogP contribution in [0.3, 0.4) is 0 Å². The molecule has 1 aromatic rings. The lowest BCUT2D eigenvalue weighted by Gasteiger charge is -2.29. The molecule has 146 valence electrons. The second-order valence-corrected chi connectivity index (χ2v) is 9.28. The molecule has 0 N–H and O–H groups in total. The maximum atomic E-state index is 13.2. The fourth-order valence-corrected chi connectivity index (χ4v) is 4.62. The van der Waals surface area contributed by atoms with Crippen LogP contribution in [0.15, 0.2) is 22.7 Å². The fraction of sp³-hybridized carbons (Fsp3) is 0.650. The monoisotopic (exact) mass is 373 g/mol. The van der Waals surface area contributed by atoms with Crippen molar-refractivity contribution in [2.75, 3.05) is 20.1 Å². The summed E-state index contributed by atoms with van der Waals surface area (Å²) in [5, 5.41) is 3.86. The number of ether oxygens (including phenoxy) is 1. The minimum atomic E-state index is -0.656. The third-order valence-electron chi connectivity index (χ3n) is 5.58. The number of aromatic nitrogens is 1. The second kappa shape index (κ2) is 5.92. The van der Waals surface area contributed by atoms with Crippen LogP contribution in [0.25, 0.3) is 0 Å². The number of carbonyl (C=O) groups excluding carboxylic acids is 2. The highest BCUT2D eigenvalue weighted by Crippen LogP contribution is 2.52. The number of likely N-dealkylation sites (tertiary alicyclic amines) is 1. The van der Waals surface area contributed by atoms with Crippen molar-refractivity contribution >= 4 is 11.8 Å². The Morgan fingerprint density at radius 1 is 1.44 bits per heavy atom. The Labute approximate surface area is 159 Å². The van der Waals surface area contributed by atoms with Crippen molar-refractivity contribution in [3.05, 3.63) is 29.7 Å². The molecule has 4 atom stereocenters. The molecular weight excluding hydrogens is 346 g/mol. The molecule has 27 heavy (non-hydrogen) atoms. The van der Waals surface area contributed by atoms with E-state index in [1.807, 2.05) is 30.0 Å². The van der Waals surface area contributed by atoms with Gasteiger partial charge in [0.15, 0.2) is 5.76 Å². The Balaban J connectivity index is 1.54. The molecule has 2 bridgehead atoms. The number of fused-ring (bicyclic) bond motifs is 1. The van der Waals surface area contributed by atoms with E-state index in [0.717, 1.165) is 5.69 Å². The maximum absolute atomic E-state index is 13.2. The standard InChI is InChI=1S/C20H27N3O4/c1-12-8-13(27-21-12)9-22(5)17(24)15-14-6-7-20(26-14)11-23(10-19(2,3)4)18(25)16(15)20/h6-8,14-16H,9-11H2,1-5H3/t14-,15+,16-,20-/m0/s1. The van der Waals surface area contributed by atoms with Crippen LogP contribution in [0.2, 0.25) is 0 Å². The van der Waals surface area contributed by atoms with Crippen LogP contribution in [0.4, 0.5) is 0 Å². The summed E-state index contributed by atoms with van der Waals surface area (Å²) in [6, 6.07) is 1.81. The van der Waals surface area contributed by atoms with Gasteiger partial charge in [-0.3, -0.25) is 9.59 Å². The molecule has 2 saturated heterocycles. The van der Waals surface area contributed by atoms with Gasteiger partial charge in [-0.05, 0) is 12.3 Å². The normalized spacial score (nSPS) is 31.7. The van der Waals surface area contributed by atoms with Gasteiger partial charge in [-0.1, -0.05) is 38.1 Å². The molecule has 3 aliphatic rings. The highest BCUT2D eigenvalue weighted by Gasteiger charge is 2.67. The number of aryl methyl sites for hydroxylation is 1. The molecule has 0 aromatic carbocycles. The molecule has 4 heterocycles. The lowest BCUT2D eigenvalue weighted by Crippen LogP contribution is -2.44. The van der Waals surface area contributed by atoms with E-state index in [4.69, 9.17) is 9.26 Å². The fourth-order valence-electron chi connectivity index (χ4n) is 4.62. The van der Waals surface area contributed by atoms with Gasteiger partial charge in [0, 0.05) is 19.7 Å². The Hall–Kier alpha value is -2.15. The third-order valence-corrected chi connectivity index (χ3v) is 5.58. The second-order valence-electron chi connectivity index (χ2n) is 9.28. The van der Waals surface area contributed by atoms with E-state index >= 15 is 0 Å². The Kier molecular flexibility index (Phi) is 4.00. The summed E-state index contributed by atoms with van der Waals surface area (Å²) < 4.78 is 11.4. The van der Waals surface area contributed by atoms with Gasteiger partial charge >= 0.3 is 0 Å². The van der Waals surface area contributed by atoms with E-state index in [1.54, 1.807) is 11.9 Å². The van der Waals surface area contributed by atoms with Crippen LogP contribution in [-0.2, 0) is 20.9 Å². The molecule has 1 aromatic heterocycles. The maximum Gasteiger partial charge on any atom is 0.230 e. The zero-order chi connectivity index (χ0) is 19.6. The van der Waals surface area contributed by atoms with Crippen LogP contribution in [-0.4, -0.2) is 58.6 Å². The van der Waals surface area contributed by atoms with Gasteiger partial charge < -0.3 is 19.1 Å². The number of rotatable bonds is 4. The van der Waals surface area contributed by atoms with Crippen LogP contribution in [0.5, 0.6) is 0 Å². The smallest absolute Gasteiger partial charge is 0.230 e. The predicted octanol–water partition coefficient (Wildman–Crippen LogP) is 1.77. The van der Waals surface area contributed by atoms with Crippen molar-refractivity contribution in [3.8, 4) is 0 Å². The van der Waals surface area contributed by atoms with Crippen LogP contribution >= 0.6 is 0 Å². The molecule has 2 amide bonds. The van der Waals surface area contributed by atoms with Gasteiger partial charge in [0.25, 0.3) is 0 Å². The first-order chi connectivity index (χ1) is 12.6. The summed E-state index contributed by atoms with van der Waals surface area (Å²) >= 11 is 0. The van der Waals surface area contributed by atoms with Crippen LogP contribution in [0.1, 0.15) is 32.2 Å². The van der Waals surface area contributed by atoms with Gasteiger partial charge in [0.1, 0.15) is 5.60 Å². The highest BCUT2D eigenvalue weighted by atomic mass is 16.5. The summed E-state index contributed by atoms with van der Waals surface area (Å²) in [6.07, 6.45) is 3.61. The lowest BCUT2D eigenvalue weighted by atomic mass is 9.76. The molecule has 1 spiro atoms. The zero-order valence-corrected chi connectivity index (χ0v) is 16.6. The van der Waals surface area contributed by atoms with Crippen LogP contribution in [0, 0.1) is 24.2 Å². The minimum absolute atomic E-state index is 0.00684. The van der Waals surface area contributed by atoms with E-state index in [9.17, 15) is 9.59 Å². The Morgan fingerprint density at radius 3 is 2.81 bits per heavy atom. The highest BCUT2D eigenvalue weighted by molar-refractivity contribution is 5.93. The first-order valence-electron chi connectivity index (χ1n) is 9.43. The van der Waals surface area contributed by atoms with Crippen molar-refractivity contribution in [2.24, 2.45) is 17.3 Å². The van der Waals surface area contributed by atoms with E-state index in [0.29, 0.717) is 25.4 Å². The molecule has 0 aliphatic carbocycles. The summed E-state index contributed by atoms with van der Waals surface area (Å²) in [5.41, 5.74) is 0.115. The van der Waals surface area contributed by atoms with Gasteiger partial charge in [0.2, 0.25) is 11.8 Å². The lowest BCUT2D eigenvalue weighted by molar-refractivity contribution is -0.143. The summed E-state index contributed by atoms with van der Waals surface area (Å²) in [5.74, 6) is -0.359. The molecule has 0 saturated carbocycles. The minimum Gasteiger partial charge on any atom is -0.360 e. The molecular formula is C20H27N3O4. The average Bonchev–Trinajstić information content (AvgIpc) is 3.28. The summed E-state index contributed by atoms with van der Waals surface area (Å²) in [7, 11) is 1.73. The van der Waals surface area contributed by atoms with E-state index in [1.165, 1.54) is 0 Å². The van der Waals surface area contributed by atoms with Gasteiger partial charge in [0.05, 0.1) is 36.7 Å². The zero-order valence-electron chi connectivity index (χ0n) is 16.6. The molecule has 0 radical (unpaired) electrons. The third kappa shape index (κ3) is 2.98. The quantitative estimate of drug-likeness (QED) is 0.752. The first kappa shape index (κ1) is 18.2. The Morgan fingerprint density at radius 2 is 2.19 bits per heavy atom. The van der Waals surface area contributed by atoms with Crippen molar-refractivity contribution in [1.82, 2.24) is 15.0 Å². The predicted molar refractivity (Wildman–Crippen MR) is 97.5 cm³/mol. The average molecular weight is 373 g/mol. The molecule has 0 unspecified atom stereocenters. The van der Waals surface area contributed by atoms with Gasteiger partial charge in [-0.2, -0.15) is 0 Å². The number of nitrogens with zero attached hydrogens (tertiary/aromatic N) is 3. The van der Waals surface area contributed by atoms with Crippen LogP contribution < -0.4 is 0 Å². The van der Waals surface area contributed by atoms with Crippen molar-refractivity contribution < 1.29 is 18.8 Å². The molecule has 2 fully saturated rings. The topological polar surface area (TPSA) is 75.9 Å². The number of carbonyl (C=O) groups is 2. The van der Waals surface area contributed by atoms with E-state index in [-0.39, 0.29) is 23.3 Å². The number of amides is 2. The number of hydrogen-bond donors (Lipinski definition) is 0. The van der Waals surface area contributed by atoms with Gasteiger partial charge in [-0.25, -0.2) is 0 Å².